The Morgan fingerprint density at radius 3 is 1.55 bits per heavy atom. The Morgan fingerprint density at radius 2 is 1.17 bits per heavy atom. The van der Waals surface area contributed by atoms with Crippen LogP contribution in [0, 0.1) is 23.7 Å². The van der Waals surface area contributed by atoms with Crippen LogP contribution >= 0.6 is 0 Å². The molecule has 29 heavy (non-hydrogen) atoms. The first kappa shape index (κ1) is 28.4. The van der Waals surface area contributed by atoms with Gasteiger partial charge in [-0.2, -0.15) is 0 Å². The number of halogens is 2. The van der Waals surface area contributed by atoms with Gasteiger partial charge in [-0.25, -0.2) is 35.1 Å². The molecule has 0 nitrogen and oxygen atoms in total. The summed E-state index contributed by atoms with van der Waals surface area (Å²) in [5.74, 6) is 5.29. The van der Waals surface area contributed by atoms with Gasteiger partial charge in [0.25, 0.3) is 0 Å². The minimum atomic E-state index is 0. The van der Waals surface area contributed by atoms with Gasteiger partial charge < -0.3 is 9.41 Å². The predicted molar refractivity (Wildman–Crippen MR) is 115 cm³/mol. The van der Waals surface area contributed by atoms with E-state index in [0.29, 0.717) is 0 Å². The van der Waals surface area contributed by atoms with Gasteiger partial charge in [0.2, 0.25) is 0 Å². The molecule has 2 atom stereocenters. The van der Waals surface area contributed by atoms with E-state index in [0.717, 1.165) is 11.8 Å². The van der Waals surface area contributed by atoms with Crippen molar-refractivity contribution in [1.29, 1.82) is 0 Å². The minimum Gasteiger partial charge on any atom is -1.00 e. The monoisotopic (exact) mass is 478 g/mol. The van der Waals surface area contributed by atoms with Gasteiger partial charge >= 0.3 is 26.2 Å². The first-order valence-corrected chi connectivity index (χ1v) is 11.3. The third-order valence-corrected chi connectivity index (χ3v) is 6.61. The standard InChI is InChI=1S/2C13H19.2FH.Zr/c2*1-2-3-6-11-9-10-12-7-4-5-8-13(11)12;;;/h2*4-5,8,12H,2-3,6-7,9-10H2,1H3;2*1H;/q2*-1;;;+4/p-2. The zero-order valence-corrected chi connectivity index (χ0v) is 20.8. The second-order valence-electron chi connectivity index (χ2n) is 8.46. The van der Waals surface area contributed by atoms with E-state index in [1.54, 1.807) is 23.0 Å². The molecule has 0 amide bonds. The van der Waals surface area contributed by atoms with E-state index in [1.807, 2.05) is 0 Å². The van der Waals surface area contributed by atoms with Gasteiger partial charge in [-0.1, -0.05) is 78.1 Å². The maximum Gasteiger partial charge on any atom is 4.00 e. The van der Waals surface area contributed by atoms with E-state index in [9.17, 15) is 0 Å². The summed E-state index contributed by atoms with van der Waals surface area (Å²) in [5.41, 5.74) is 3.38. The average Bonchev–Trinajstić information content (AvgIpc) is 3.29. The van der Waals surface area contributed by atoms with Crippen LogP contribution in [0.2, 0.25) is 0 Å². The predicted octanol–water partition coefficient (Wildman–Crippen LogP) is 2.10. The van der Waals surface area contributed by atoms with Crippen molar-refractivity contribution in [1.82, 2.24) is 0 Å². The summed E-state index contributed by atoms with van der Waals surface area (Å²) in [4.78, 5) is 0. The Labute approximate surface area is 197 Å². The molecule has 0 aromatic rings. The molecule has 0 aromatic carbocycles. The van der Waals surface area contributed by atoms with Gasteiger partial charge in [-0.05, 0) is 24.7 Å². The molecule has 0 aliphatic heterocycles. The molecule has 0 N–H and O–H groups in total. The number of fused-ring (bicyclic) bond motifs is 2. The second kappa shape index (κ2) is 15.3. The molecule has 160 valence electrons. The third kappa shape index (κ3) is 7.89. The van der Waals surface area contributed by atoms with Gasteiger partial charge in [0.05, 0.1) is 0 Å². The van der Waals surface area contributed by atoms with Gasteiger partial charge in [-0.15, -0.1) is 24.3 Å². The SMILES string of the molecule is CCCC[C-]1CCC2CC=CC=C12.CCCC[C-]1CCC2CC=CC=C12.[F-].[F-].[Zr+4]. The Morgan fingerprint density at radius 1 is 0.759 bits per heavy atom. The average molecular weight is 480 g/mol. The minimum absolute atomic E-state index is 0. The summed E-state index contributed by atoms with van der Waals surface area (Å²) in [6, 6.07) is 0. The van der Waals surface area contributed by atoms with Gasteiger partial charge in [0.15, 0.2) is 0 Å². The van der Waals surface area contributed by atoms with Gasteiger partial charge in [0, 0.05) is 0 Å². The molecule has 4 aliphatic carbocycles. The maximum atomic E-state index is 2.35. The summed E-state index contributed by atoms with van der Waals surface area (Å²) in [5, 5.41) is 0. The molecule has 4 aliphatic rings. The smallest absolute Gasteiger partial charge is 1.00 e. The summed E-state index contributed by atoms with van der Waals surface area (Å²) in [6.07, 6.45) is 30.1. The Balaban J connectivity index is 0.000000490. The van der Waals surface area contributed by atoms with E-state index in [-0.39, 0.29) is 35.6 Å². The molecule has 0 radical (unpaired) electrons. The van der Waals surface area contributed by atoms with E-state index in [1.165, 1.54) is 77.0 Å². The Kier molecular flexibility index (Phi) is 15.0. The summed E-state index contributed by atoms with van der Waals surface area (Å²) >= 11 is 0. The van der Waals surface area contributed by atoms with Crippen molar-refractivity contribution in [3.05, 3.63) is 59.4 Å². The van der Waals surface area contributed by atoms with Crippen molar-refractivity contribution in [2.75, 3.05) is 0 Å². The topological polar surface area (TPSA) is 0 Å². The van der Waals surface area contributed by atoms with E-state index < -0.39 is 0 Å². The van der Waals surface area contributed by atoms with Crippen molar-refractivity contribution in [2.45, 2.75) is 90.9 Å². The van der Waals surface area contributed by atoms with E-state index in [2.05, 4.69) is 50.3 Å². The Bertz CT molecular complexity index is 511. The zero-order chi connectivity index (χ0) is 18.2. The van der Waals surface area contributed by atoms with Crippen molar-refractivity contribution >= 4 is 0 Å². The van der Waals surface area contributed by atoms with Crippen LogP contribution in [0.25, 0.3) is 0 Å². The number of rotatable bonds is 6. The van der Waals surface area contributed by atoms with Gasteiger partial charge in [0.1, 0.15) is 0 Å². The summed E-state index contributed by atoms with van der Waals surface area (Å²) in [7, 11) is 0. The number of hydrogen-bond donors (Lipinski definition) is 0. The molecule has 0 heterocycles. The fourth-order valence-corrected chi connectivity index (χ4v) is 5.02. The molecule has 0 spiro atoms. The largest absolute Gasteiger partial charge is 4.00 e. The second-order valence-corrected chi connectivity index (χ2v) is 8.46. The summed E-state index contributed by atoms with van der Waals surface area (Å²) in [6.45, 7) is 4.56. The van der Waals surface area contributed by atoms with Crippen LogP contribution in [-0.4, -0.2) is 0 Å². The van der Waals surface area contributed by atoms with Crippen molar-refractivity contribution < 1.29 is 35.6 Å². The first-order chi connectivity index (χ1) is 12.8. The molecule has 2 unspecified atom stereocenters. The number of hydrogen-bond acceptors (Lipinski definition) is 0. The molecular formula is C26H38F2Zr. The number of unbranched alkanes of at least 4 members (excludes halogenated alkanes) is 2. The van der Waals surface area contributed by atoms with Gasteiger partial charge in [-0.3, -0.25) is 0 Å². The van der Waals surface area contributed by atoms with Crippen LogP contribution in [0.1, 0.15) is 90.9 Å². The molecular weight excluding hydrogens is 442 g/mol. The zero-order valence-electron chi connectivity index (χ0n) is 18.4. The van der Waals surface area contributed by atoms with Crippen LogP contribution in [0.15, 0.2) is 47.6 Å². The quantitative estimate of drug-likeness (QED) is 0.512. The van der Waals surface area contributed by atoms with Crippen LogP contribution in [-0.2, 0) is 26.2 Å². The molecule has 0 saturated heterocycles. The van der Waals surface area contributed by atoms with E-state index in [4.69, 9.17) is 0 Å². The normalized spacial score (nSPS) is 23.4. The van der Waals surface area contributed by atoms with Crippen LogP contribution in [0.3, 0.4) is 0 Å². The molecule has 0 aromatic heterocycles. The maximum absolute atomic E-state index is 2.35. The van der Waals surface area contributed by atoms with Crippen LogP contribution < -0.4 is 9.41 Å². The fraction of sp³-hybridized carbons (Fsp3) is 0.615. The molecule has 3 heteroatoms. The Hall–Kier alpha value is -0.557. The third-order valence-electron chi connectivity index (χ3n) is 6.61. The fourth-order valence-electron chi connectivity index (χ4n) is 5.02. The van der Waals surface area contributed by atoms with Crippen molar-refractivity contribution in [3.8, 4) is 0 Å². The van der Waals surface area contributed by atoms with E-state index >= 15 is 0 Å². The van der Waals surface area contributed by atoms with Crippen molar-refractivity contribution in [2.24, 2.45) is 11.8 Å². The molecule has 4 rings (SSSR count). The number of allylic oxidation sites excluding steroid dienone is 8. The molecule has 2 fully saturated rings. The molecule has 2 saturated carbocycles. The summed E-state index contributed by atoms with van der Waals surface area (Å²) < 4.78 is 0. The first-order valence-electron chi connectivity index (χ1n) is 11.3. The van der Waals surface area contributed by atoms with Crippen molar-refractivity contribution in [3.63, 3.8) is 0 Å². The molecule has 0 bridgehead atoms. The van der Waals surface area contributed by atoms with Crippen LogP contribution in [0.4, 0.5) is 0 Å². The van der Waals surface area contributed by atoms with Crippen LogP contribution in [0.5, 0.6) is 0 Å².